The van der Waals surface area contributed by atoms with Crippen LogP contribution in [0.5, 0.6) is 5.75 Å². The van der Waals surface area contributed by atoms with Crippen LogP contribution in [0.15, 0.2) is 36.4 Å². The molecule has 0 heterocycles. The number of ether oxygens (including phenoxy) is 1. The van der Waals surface area contributed by atoms with Crippen LogP contribution < -0.4 is 10.5 Å². The molecule has 0 aliphatic rings. The van der Waals surface area contributed by atoms with E-state index in [9.17, 15) is 4.39 Å². The number of rotatable bonds is 3. The minimum absolute atomic E-state index is 0.229. The van der Waals surface area contributed by atoms with Crippen molar-refractivity contribution in [3.8, 4) is 17.6 Å². The first-order chi connectivity index (χ1) is 10.1. The van der Waals surface area contributed by atoms with E-state index < -0.39 is 0 Å². The number of aryl methyl sites for hydroxylation is 1. The van der Waals surface area contributed by atoms with Crippen molar-refractivity contribution in [2.45, 2.75) is 13.5 Å². The fraction of sp³-hybridized carbons (Fsp3) is 0.176. The van der Waals surface area contributed by atoms with E-state index in [1.165, 1.54) is 12.1 Å². The van der Waals surface area contributed by atoms with Gasteiger partial charge < -0.3 is 10.5 Å². The van der Waals surface area contributed by atoms with Crippen molar-refractivity contribution < 1.29 is 9.13 Å². The smallest absolute Gasteiger partial charge is 0.124 e. The van der Waals surface area contributed by atoms with E-state index in [4.69, 9.17) is 22.1 Å². The Morgan fingerprint density at radius 1 is 1.24 bits per heavy atom. The van der Waals surface area contributed by atoms with Gasteiger partial charge in [0.05, 0.1) is 6.54 Å². The summed E-state index contributed by atoms with van der Waals surface area (Å²) in [5.74, 6) is 5.96. The van der Waals surface area contributed by atoms with Crippen molar-refractivity contribution >= 4 is 11.6 Å². The standard InChI is InChI=1S/C17H15ClFNO/c1-12-9-16(6-7-17(12)18)21-11-14-4-5-15(19)10-13(14)3-2-8-20/h4-7,9-10H,8,11,20H2,1H3. The Balaban J connectivity index is 2.17. The molecule has 0 saturated heterocycles. The third-order valence-electron chi connectivity index (χ3n) is 2.92. The summed E-state index contributed by atoms with van der Waals surface area (Å²) < 4.78 is 19.0. The summed E-state index contributed by atoms with van der Waals surface area (Å²) in [5, 5.41) is 0.693. The average Bonchev–Trinajstić information content (AvgIpc) is 2.47. The molecule has 0 fully saturated rings. The first kappa shape index (κ1) is 15.4. The fourth-order valence-corrected chi connectivity index (χ4v) is 1.92. The fourth-order valence-electron chi connectivity index (χ4n) is 1.81. The van der Waals surface area contributed by atoms with Gasteiger partial charge in [-0.25, -0.2) is 4.39 Å². The predicted molar refractivity (Wildman–Crippen MR) is 82.9 cm³/mol. The maximum absolute atomic E-state index is 13.3. The van der Waals surface area contributed by atoms with Crippen molar-refractivity contribution in [3.63, 3.8) is 0 Å². The lowest BCUT2D eigenvalue weighted by atomic mass is 10.1. The van der Waals surface area contributed by atoms with E-state index in [0.717, 1.165) is 11.1 Å². The van der Waals surface area contributed by atoms with E-state index in [0.29, 0.717) is 22.9 Å². The number of hydrogen-bond donors (Lipinski definition) is 1. The largest absolute Gasteiger partial charge is 0.489 e. The SMILES string of the molecule is Cc1cc(OCc2ccc(F)cc2C#CCN)ccc1Cl. The third kappa shape index (κ3) is 4.22. The highest BCUT2D eigenvalue weighted by molar-refractivity contribution is 6.31. The van der Waals surface area contributed by atoms with Crippen LogP contribution in [0.2, 0.25) is 5.02 Å². The zero-order chi connectivity index (χ0) is 15.2. The number of halogens is 2. The molecular formula is C17H15ClFNO. The molecule has 4 heteroatoms. The first-order valence-electron chi connectivity index (χ1n) is 6.46. The van der Waals surface area contributed by atoms with Gasteiger partial charge >= 0.3 is 0 Å². The van der Waals surface area contributed by atoms with E-state index >= 15 is 0 Å². The lowest BCUT2D eigenvalue weighted by molar-refractivity contribution is 0.305. The van der Waals surface area contributed by atoms with Crippen LogP contribution in [0.1, 0.15) is 16.7 Å². The summed E-state index contributed by atoms with van der Waals surface area (Å²) in [7, 11) is 0. The predicted octanol–water partition coefficient (Wildman–Crippen LogP) is 3.68. The van der Waals surface area contributed by atoms with Gasteiger partial charge in [0.1, 0.15) is 18.2 Å². The molecule has 2 nitrogen and oxygen atoms in total. The molecule has 2 aromatic carbocycles. The Morgan fingerprint density at radius 3 is 2.76 bits per heavy atom. The topological polar surface area (TPSA) is 35.2 Å². The Hall–Kier alpha value is -2.02. The molecule has 108 valence electrons. The lowest BCUT2D eigenvalue weighted by Crippen LogP contribution is -2.00. The summed E-state index contributed by atoms with van der Waals surface area (Å²) in [6.07, 6.45) is 0. The molecule has 0 saturated carbocycles. The van der Waals surface area contributed by atoms with Crippen LogP contribution in [-0.2, 0) is 6.61 Å². The Kier molecular flexibility index (Phi) is 5.21. The summed E-state index contributed by atoms with van der Waals surface area (Å²) in [4.78, 5) is 0. The summed E-state index contributed by atoms with van der Waals surface area (Å²) in [5.41, 5.74) is 7.69. The van der Waals surface area contributed by atoms with Crippen LogP contribution in [0.25, 0.3) is 0 Å². The molecular weight excluding hydrogens is 289 g/mol. The van der Waals surface area contributed by atoms with Crippen LogP contribution in [0.4, 0.5) is 4.39 Å². The number of nitrogens with two attached hydrogens (primary N) is 1. The average molecular weight is 304 g/mol. The molecule has 0 unspecified atom stereocenters. The summed E-state index contributed by atoms with van der Waals surface area (Å²) in [6.45, 7) is 2.44. The van der Waals surface area contributed by atoms with Gasteiger partial charge in [-0.1, -0.05) is 29.5 Å². The molecule has 2 aromatic rings. The van der Waals surface area contributed by atoms with Gasteiger partial charge in [0.25, 0.3) is 0 Å². The van der Waals surface area contributed by atoms with E-state index in [1.54, 1.807) is 18.2 Å². The first-order valence-corrected chi connectivity index (χ1v) is 6.84. The van der Waals surface area contributed by atoms with E-state index in [1.807, 2.05) is 13.0 Å². The highest BCUT2D eigenvalue weighted by Crippen LogP contribution is 2.22. The Labute approximate surface area is 128 Å². The molecule has 21 heavy (non-hydrogen) atoms. The van der Waals surface area contributed by atoms with Gasteiger partial charge in [0.2, 0.25) is 0 Å². The molecule has 0 amide bonds. The Bertz CT molecular complexity index is 704. The lowest BCUT2D eigenvalue weighted by Gasteiger charge is -2.09. The highest BCUT2D eigenvalue weighted by Gasteiger charge is 2.04. The number of hydrogen-bond acceptors (Lipinski definition) is 2. The molecule has 2 rings (SSSR count). The summed E-state index contributed by atoms with van der Waals surface area (Å²) in [6, 6.07) is 9.87. The second-order valence-electron chi connectivity index (χ2n) is 4.51. The van der Waals surface area contributed by atoms with Crippen LogP contribution in [0.3, 0.4) is 0 Å². The van der Waals surface area contributed by atoms with Gasteiger partial charge in [-0.05, 0) is 42.8 Å². The van der Waals surface area contributed by atoms with E-state index in [-0.39, 0.29) is 12.4 Å². The van der Waals surface area contributed by atoms with E-state index in [2.05, 4.69) is 11.8 Å². The van der Waals surface area contributed by atoms with Gasteiger partial charge in [-0.2, -0.15) is 0 Å². The monoisotopic (exact) mass is 303 g/mol. The second-order valence-corrected chi connectivity index (χ2v) is 4.91. The molecule has 2 N–H and O–H groups in total. The zero-order valence-corrected chi connectivity index (χ0v) is 12.4. The second kappa shape index (κ2) is 7.12. The minimum Gasteiger partial charge on any atom is -0.489 e. The van der Waals surface area contributed by atoms with Crippen molar-refractivity contribution in [1.29, 1.82) is 0 Å². The van der Waals surface area contributed by atoms with Crippen molar-refractivity contribution in [2.75, 3.05) is 6.54 Å². The third-order valence-corrected chi connectivity index (χ3v) is 3.34. The van der Waals surface area contributed by atoms with Crippen LogP contribution >= 0.6 is 11.6 Å². The Morgan fingerprint density at radius 2 is 2.05 bits per heavy atom. The molecule has 0 atom stereocenters. The maximum atomic E-state index is 13.3. The molecule has 0 bridgehead atoms. The molecule has 0 aliphatic carbocycles. The van der Waals surface area contributed by atoms with Gasteiger partial charge in [0.15, 0.2) is 0 Å². The zero-order valence-electron chi connectivity index (χ0n) is 11.6. The van der Waals surface area contributed by atoms with Crippen molar-refractivity contribution in [1.82, 2.24) is 0 Å². The van der Waals surface area contributed by atoms with Crippen molar-refractivity contribution in [2.24, 2.45) is 5.73 Å². The highest BCUT2D eigenvalue weighted by atomic mass is 35.5. The molecule has 0 spiro atoms. The van der Waals surface area contributed by atoms with Gasteiger partial charge in [-0.15, -0.1) is 0 Å². The molecule has 0 aliphatic heterocycles. The quantitative estimate of drug-likeness (QED) is 0.878. The normalized spacial score (nSPS) is 9.90. The van der Waals surface area contributed by atoms with Gasteiger partial charge in [0, 0.05) is 16.1 Å². The number of benzene rings is 2. The van der Waals surface area contributed by atoms with Crippen molar-refractivity contribution in [3.05, 3.63) is 63.9 Å². The minimum atomic E-state index is -0.331. The molecule has 0 radical (unpaired) electrons. The summed E-state index contributed by atoms with van der Waals surface area (Å²) >= 11 is 5.97. The maximum Gasteiger partial charge on any atom is 0.124 e. The van der Waals surface area contributed by atoms with Gasteiger partial charge in [-0.3, -0.25) is 0 Å². The van der Waals surface area contributed by atoms with Crippen LogP contribution in [0, 0.1) is 24.6 Å². The molecule has 0 aromatic heterocycles. The van der Waals surface area contributed by atoms with Crippen LogP contribution in [-0.4, -0.2) is 6.54 Å².